The van der Waals surface area contributed by atoms with Crippen molar-refractivity contribution < 1.29 is 28.9 Å². The number of hydrogen-bond acceptors (Lipinski definition) is 4. The van der Waals surface area contributed by atoms with Gasteiger partial charge in [0.25, 0.3) is 0 Å². The maximum Gasteiger partial charge on any atom is 0.410 e. The Bertz CT molecular complexity index is 519. The van der Waals surface area contributed by atoms with Crippen molar-refractivity contribution in [3.05, 3.63) is 0 Å². The number of carboxylic acids is 1. The van der Waals surface area contributed by atoms with Gasteiger partial charge in [-0.1, -0.05) is 0 Å². The van der Waals surface area contributed by atoms with Crippen molar-refractivity contribution in [1.82, 2.24) is 4.90 Å². The molecule has 0 aromatic rings. The zero-order valence-electron chi connectivity index (χ0n) is 17.2. The number of carbonyl (C=O) groups is 2. The molecule has 0 radical (unpaired) electrons. The van der Waals surface area contributed by atoms with E-state index in [2.05, 4.69) is 0 Å². The van der Waals surface area contributed by atoms with Crippen molar-refractivity contribution in [3.63, 3.8) is 0 Å². The van der Waals surface area contributed by atoms with E-state index in [0.717, 1.165) is 0 Å². The van der Waals surface area contributed by atoms with Crippen molar-refractivity contribution in [2.24, 2.45) is 5.41 Å². The summed E-state index contributed by atoms with van der Waals surface area (Å²) in [5, 5.41) is 9.83. The van der Waals surface area contributed by atoms with E-state index < -0.39 is 29.2 Å². The molecule has 2 atom stereocenters. The quantitative estimate of drug-likeness (QED) is 0.619. The minimum atomic E-state index is -1.20. The molecule has 7 heteroatoms. The number of rotatable bonds is 3. The number of carboxylic acid groups (broad SMARTS) is 1. The molecule has 0 aliphatic carbocycles. The molecule has 2 unspecified atom stereocenters. The molecule has 1 N–H and O–H groups in total. The number of piperidine rings is 1. The first kappa shape index (κ1) is 21.7. The van der Waals surface area contributed by atoms with Gasteiger partial charge in [0, 0.05) is 13.1 Å². The van der Waals surface area contributed by atoms with Crippen LogP contribution in [0, 0.1) is 5.41 Å². The number of likely N-dealkylation sites (tertiary alicyclic amines) is 1. The Hall–Kier alpha value is -1.34. The molecule has 1 aliphatic rings. The number of amides is 1. The van der Waals surface area contributed by atoms with Crippen LogP contribution in [0.2, 0.25) is 0 Å². The van der Waals surface area contributed by atoms with Gasteiger partial charge < -0.3 is 14.7 Å². The first-order chi connectivity index (χ1) is 11.0. The van der Waals surface area contributed by atoms with Gasteiger partial charge in [-0.05, 0) is 54.9 Å². The van der Waals surface area contributed by atoms with Gasteiger partial charge in [0.2, 0.25) is 0 Å². The third-order valence-corrected chi connectivity index (χ3v) is 5.04. The smallest absolute Gasteiger partial charge is 0.410 e. The van der Waals surface area contributed by atoms with E-state index in [0.29, 0.717) is 13.0 Å². The second kappa shape index (κ2) is 6.76. The number of ether oxygens (including phenoxy) is 1. The lowest BCUT2D eigenvalue weighted by molar-refractivity contribution is -1.12. The largest absolute Gasteiger partial charge is 0.481 e. The molecule has 1 amide bonds. The predicted octanol–water partition coefficient (Wildman–Crippen LogP) is 2.89. The topological polar surface area (TPSA) is 76.1 Å². The first-order valence-electron chi connectivity index (χ1n) is 8.73. The Balaban J connectivity index is 2.99. The normalized spacial score (nSPS) is 25.6. The molecule has 1 fully saturated rings. The van der Waals surface area contributed by atoms with Gasteiger partial charge in [-0.15, -0.1) is 0 Å². The summed E-state index contributed by atoms with van der Waals surface area (Å²) in [7, 11) is 3.84. The zero-order chi connectivity index (χ0) is 19.8. The number of carbonyl (C=O) groups excluding carboxylic acids is 1. The molecule has 1 saturated heterocycles. The highest BCUT2D eigenvalue weighted by atomic mass is 16.7. The summed E-state index contributed by atoms with van der Waals surface area (Å²) in [6, 6.07) is 0. The van der Waals surface area contributed by atoms with E-state index in [4.69, 9.17) is 9.57 Å². The molecule has 0 aromatic carbocycles. The summed E-state index contributed by atoms with van der Waals surface area (Å²) in [6.07, 6.45) is -0.541. The van der Waals surface area contributed by atoms with Crippen LogP contribution in [0.15, 0.2) is 0 Å². The Kier molecular flexibility index (Phi) is 5.87. The summed E-state index contributed by atoms with van der Waals surface area (Å²) < 4.78 is 5.62. The summed E-state index contributed by atoms with van der Waals surface area (Å²) in [5.41, 5.74) is -2.02. The SMILES string of the molecule is CC(C)(C)OC(=O)N1CCC(O[N+](C)(C)C(C)(C)C)C(C)(C(=O)O)C1. The first-order valence-corrected chi connectivity index (χ1v) is 8.73. The molecule has 146 valence electrons. The van der Waals surface area contributed by atoms with Crippen molar-refractivity contribution >= 4 is 12.1 Å². The predicted molar refractivity (Wildman–Crippen MR) is 94.9 cm³/mol. The van der Waals surface area contributed by atoms with Gasteiger partial charge in [0.15, 0.2) is 0 Å². The number of nitrogens with zero attached hydrogens (tertiary/aromatic N) is 2. The molecule has 0 bridgehead atoms. The monoisotopic (exact) mass is 359 g/mol. The summed E-state index contributed by atoms with van der Waals surface area (Å²) >= 11 is 0. The average Bonchev–Trinajstić information content (AvgIpc) is 2.37. The Morgan fingerprint density at radius 1 is 1.16 bits per heavy atom. The number of quaternary nitrogens is 1. The molecule has 1 aliphatic heterocycles. The van der Waals surface area contributed by atoms with Gasteiger partial charge in [0.05, 0.1) is 14.1 Å². The summed E-state index contributed by atoms with van der Waals surface area (Å²) in [6.45, 7) is 13.6. The number of hydrogen-bond donors (Lipinski definition) is 1. The lowest BCUT2D eigenvalue weighted by atomic mass is 9.79. The second-order valence-electron chi connectivity index (χ2n) is 9.53. The van der Waals surface area contributed by atoms with Crippen molar-refractivity contribution in [1.29, 1.82) is 0 Å². The van der Waals surface area contributed by atoms with Crippen molar-refractivity contribution in [3.8, 4) is 0 Å². The highest BCUT2D eigenvalue weighted by Crippen LogP contribution is 2.36. The minimum absolute atomic E-state index is 0.0616. The van der Waals surface area contributed by atoms with Crippen LogP contribution in [0.25, 0.3) is 0 Å². The third-order valence-electron chi connectivity index (χ3n) is 5.04. The van der Waals surface area contributed by atoms with Crippen molar-refractivity contribution in [2.75, 3.05) is 27.2 Å². The fraction of sp³-hybridized carbons (Fsp3) is 0.889. The van der Waals surface area contributed by atoms with Crippen LogP contribution >= 0.6 is 0 Å². The van der Waals surface area contributed by atoms with E-state index in [1.54, 1.807) is 27.7 Å². The van der Waals surface area contributed by atoms with Crippen LogP contribution in [-0.2, 0) is 14.4 Å². The number of hydroxylamine groups is 3. The van der Waals surface area contributed by atoms with Crippen LogP contribution in [0.1, 0.15) is 54.9 Å². The van der Waals surface area contributed by atoms with E-state index in [-0.39, 0.29) is 16.7 Å². The maximum atomic E-state index is 12.3. The van der Waals surface area contributed by atoms with Crippen LogP contribution in [0.5, 0.6) is 0 Å². The summed E-state index contributed by atoms with van der Waals surface area (Å²) in [5.74, 6) is -0.973. The third kappa shape index (κ3) is 5.07. The molecule has 25 heavy (non-hydrogen) atoms. The van der Waals surface area contributed by atoms with Crippen LogP contribution in [0.3, 0.4) is 0 Å². The molecule has 7 nitrogen and oxygen atoms in total. The van der Waals surface area contributed by atoms with Crippen molar-refractivity contribution in [2.45, 2.75) is 72.1 Å². The average molecular weight is 359 g/mol. The lowest BCUT2D eigenvalue weighted by Crippen LogP contribution is -2.63. The fourth-order valence-electron chi connectivity index (χ4n) is 2.50. The molecule has 1 rings (SSSR count). The molecule has 1 heterocycles. The standard InChI is InChI=1S/C18H34N2O5/c1-16(2,3)20(8,9)25-13-10-11-19(12-18(13,7)14(21)22)15(23)24-17(4,5)6/h13H,10-12H2,1-9H3/p+1. The molecular formula is C18H35N2O5+. The number of aliphatic carboxylic acids is 1. The van der Waals surface area contributed by atoms with E-state index in [1.165, 1.54) is 4.90 Å². The summed E-state index contributed by atoms with van der Waals surface area (Å²) in [4.78, 5) is 32.0. The Morgan fingerprint density at radius 2 is 1.68 bits per heavy atom. The van der Waals surface area contributed by atoms with E-state index >= 15 is 0 Å². The van der Waals surface area contributed by atoms with Crippen LogP contribution in [0.4, 0.5) is 4.79 Å². The fourth-order valence-corrected chi connectivity index (χ4v) is 2.50. The maximum absolute atomic E-state index is 12.3. The highest BCUT2D eigenvalue weighted by molar-refractivity contribution is 5.77. The molecule has 0 aromatic heterocycles. The van der Waals surface area contributed by atoms with E-state index in [9.17, 15) is 14.7 Å². The van der Waals surface area contributed by atoms with Crippen LogP contribution in [-0.4, -0.2) is 71.1 Å². The highest BCUT2D eigenvalue weighted by Gasteiger charge is 2.52. The Morgan fingerprint density at radius 3 is 2.08 bits per heavy atom. The van der Waals surface area contributed by atoms with Gasteiger partial charge in [0.1, 0.15) is 22.7 Å². The van der Waals surface area contributed by atoms with Gasteiger partial charge in [-0.2, -0.15) is 9.48 Å². The lowest BCUT2D eigenvalue weighted by Gasteiger charge is -2.48. The molecular weight excluding hydrogens is 324 g/mol. The molecule has 0 spiro atoms. The Labute approximate surface area is 151 Å². The zero-order valence-corrected chi connectivity index (χ0v) is 17.2. The minimum Gasteiger partial charge on any atom is -0.481 e. The van der Waals surface area contributed by atoms with E-state index in [1.807, 2.05) is 34.9 Å². The van der Waals surface area contributed by atoms with Gasteiger partial charge >= 0.3 is 12.1 Å². The second-order valence-corrected chi connectivity index (χ2v) is 9.53. The molecule has 0 saturated carbocycles. The van der Waals surface area contributed by atoms with Gasteiger partial charge in [-0.25, -0.2) is 4.79 Å². The van der Waals surface area contributed by atoms with Gasteiger partial charge in [-0.3, -0.25) is 4.79 Å². The van der Waals surface area contributed by atoms with Crippen LogP contribution < -0.4 is 0 Å².